The predicted molar refractivity (Wildman–Crippen MR) is 74.4 cm³/mol. The molecule has 2 aromatic carbocycles. The van der Waals surface area contributed by atoms with Crippen LogP contribution in [0.3, 0.4) is 0 Å². The summed E-state index contributed by atoms with van der Waals surface area (Å²) < 4.78 is 32.7. The fourth-order valence-corrected chi connectivity index (χ4v) is 1.76. The van der Waals surface area contributed by atoms with Gasteiger partial charge in [-0.15, -0.1) is 0 Å². The number of halogens is 2. The quantitative estimate of drug-likeness (QED) is 0.394. The SMILES string of the molecule is Cc1ccc(F)c(OCc2ccc(C(N)=NO)cc2F)c1. The Morgan fingerprint density at radius 2 is 1.95 bits per heavy atom. The van der Waals surface area contributed by atoms with Crippen LogP contribution in [0.4, 0.5) is 8.78 Å². The Kier molecular flexibility index (Phi) is 4.37. The van der Waals surface area contributed by atoms with Gasteiger partial charge in [-0.25, -0.2) is 8.78 Å². The van der Waals surface area contributed by atoms with Gasteiger partial charge in [0.25, 0.3) is 0 Å². The molecule has 6 heteroatoms. The first-order chi connectivity index (χ1) is 10.0. The third kappa shape index (κ3) is 3.47. The number of aryl methyl sites for hydroxylation is 1. The summed E-state index contributed by atoms with van der Waals surface area (Å²) in [4.78, 5) is 0. The third-order valence-electron chi connectivity index (χ3n) is 2.93. The number of oxime groups is 1. The lowest BCUT2D eigenvalue weighted by molar-refractivity contribution is 0.284. The minimum Gasteiger partial charge on any atom is -0.486 e. The second-order valence-electron chi connectivity index (χ2n) is 4.51. The Hall–Kier alpha value is -2.63. The lowest BCUT2D eigenvalue weighted by Gasteiger charge is -2.09. The molecule has 0 unspecified atom stereocenters. The number of hydrogen-bond acceptors (Lipinski definition) is 3. The topological polar surface area (TPSA) is 67.8 Å². The Labute approximate surface area is 120 Å². The molecule has 3 N–H and O–H groups in total. The van der Waals surface area contributed by atoms with E-state index in [1.165, 1.54) is 24.3 Å². The number of amidine groups is 1. The maximum absolute atomic E-state index is 13.9. The maximum Gasteiger partial charge on any atom is 0.170 e. The molecule has 110 valence electrons. The molecule has 2 rings (SSSR count). The Morgan fingerprint density at radius 3 is 2.62 bits per heavy atom. The van der Waals surface area contributed by atoms with Crippen LogP contribution in [0.25, 0.3) is 0 Å². The molecule has 0 saturated carbocycles. The second-order valence-corrected chi connectivity index (χ2v) is 4.51. The molecule has 0 spiro atoms. The van der Waals surface area contributed by atoms with Crippen molar-refractivity contribution in [3.63, 3.8) is 0 Å². The van der Waals surface area contributed by atoms with Gasteiger partial charge in [-0.05, 0) is 30.7 Å². The van der Waals surface area contributed by atoms with Crippen LogP contribution in [0.2, 0.25) is 0 Å². The van der Waals surface area contributed by atoms with E-state index in [2.05, 4.69) is 5.16 Å². The van der Waals surface area contributed by atoms with Gasteiger partial charge >= 0.3 is 0 Å². The zero-order chi connectivity index (χ0) is 15.4. The van der Waals surface area contributed by atoms with Crippen LogP contribution < -0.4 is 10.5 Å². The number of nitrogens with zero attached hydrogens (tertiary/aromatic N) is 1. The number of ether oxygens (including phenoxy) is 1. The summed E-state index contributed by atoms with van der Waals surface area (Å²) in [6.07, 6.45) is 0. The van der Waals surface area contributed by atoms with Gasteiger partial charge in [-0.1, -0.05) is 23.4 Å². The number of benzene rings is 2. The predicted octanol–water partition coefficient (Wildman–Crippen LogP) is 2.95. The molecule has 0 aliphatic carbocycles. The van der Waals surface area contributed by atoms with Crippen molar-refractivity contribution in [1.29, 1.82) is 0 Å². The smallest absolute Gasteiger partial charge is 0.170 e. The molecule has 0 amide bonds. The standard InChI is InChI=1S/C15H14F2N2O2/c1-9-2-5-12(16)14(6-9)21-8-11-4-3-10(7-13(11)17)15(18)19-20/h2-7,20H,8H2,1H3,(H2,18,19). The molecule has 0 radical (unpaired) electrons. The average Bonchev–Trinajstić information content (AvgIpc) is 2.48. The highest BCUT2D eigenvalue weighted by Crippen LogP contribution is 2.20. The molecule has 21 heavy (non-hydrogen) atoms. The van der Waals surface area contributed by atoms with E-state index in [-0.39, 0.29) is 29.3 Å². The monoisotopic (exact) mass is 292 g/mol. The molecular weight excluding hydrogens is 278 g/mol. The van der Waals surface area contributed by atoms with E-state index >= 15 is 0 Å². The van der Waals surface area contributed by atoms with E-state index in [4.69, 9.17) is 15.7 Å². The highest BCUT2D eigenvalue weighted by molar-refractivity contribution is 5.97. The van der Waals surface area contributed by atoms with Crippen LogP contribution in [0, 0.1) is 18.6 Å². The van der Waals surface area contributed by atoms with Crippen molar-refractivity contribution < 1.29 is 18.7 Å². The van der Waals surface area contributed by atoms with Gasteiger partial charge in [0.15, 0.2) is 17.4 Å². The number of nitrogens with two attached hydrogens (primary N) is 1. The normalized spacial score (nSPS) is 11.5. The summed E-state index contributed by atoms with van der Waals surface area (Å²) in [5.74, 6) is -1.21. The fraction of sp³-hybridized carbons (Fsp3) is 0.133. The second kappa shape index (κ2) is 6.21. The lowest BCUT2D eigenvalue weighted by Crippen LogP contribution is -2.13. The summed E-state index contributed by atoms with van der Waals surface area (Å²) >= 11 is 0. The molecule has 2 aromatic rings. The first-order valence-corrected chi connectivity index (χ1v) is 6.16. The van der Waals surface area contributed by atoms with Crippen molar-refractivity contribution in [1.82, 2.24) is 0 Å². The van der Waals surface area contributed by atoms with Crippen LogP contribution in [0.1, 0.15) is 16.7 Å². The summed E-state index contributed by atoms with van der Waals surface area (Å²) in [5, 5.41) is 11.3. The van der Waals surface area contributed by atoms with Gasteiger partial charge in [0.05, 0.1) is 0 Å². The third-order valence-corrected chi connectivity index (χ3v) is 2.93. The molecule has 0 fully saturated rings. The van der Waals surface area contributed by atoms with Crippen LogP contribution in [-0.4, -0.2) is 11.0 Å². The minimum absolute atomic E-state index is 0.0647. The molecule has 0 aliphatic heterocycles. The largest absolute Gasteiger partial charge is 0.486 e. The summed E-state index contributed by atoms with van der Waals surface area (Å²) in [6.45, 7) is 1.68. The lowest BCUT2D eigenvalue weighted by atomic mass is 10.1. The number of rotatable bonds is 4. The van der Waals surface area contributed by atoms with Crippen molar-refractivity contribution in [2.75, 3.05) is 0 Å². The van der Waals surface area contributed by atoms with E-state index in [0.29, 0.717) is 0 Å². The highest BCUT2D eigenvalue weighted by Gasteiger charge is 2.09. The van der Waals surface area contributed by atoms with Gasteiger partial charge in [-0.3, -0.25) is 0 Å². The van der Waals surface area contributed by atoms with Gasteiger partial charge in [0.2, 0.25) is 0 Å². The van der Waals surface area contributed by atoms with Crippen molar-refractivity contribution in [2.24, 2.45) is 10.9 Å². The fourth-order valence-electron chi connectivity index (χ4n) is 1.76. The first kappa shape index (κ1) is 14.8. The van der Waals surface area contributed by atoms with E-state index in [1.54, 1.807) is 13.0 Å². The van der Waals surface area contributed by atoms with Crippen molar-refractivity contribution >= 4 is 5.84 Å². The number of hydrogen-bond donors (Lipinski definition) is 2. The van der Waals surface area contributed by atoms with Crippen LogP contribution >= 0.6 is 0 Å². The zero-order valence-corrected chi connectivity index (χ0v) is 11.3. The summed E-state index contributed by atoms with van der Waals surface area (Å²) in [7, 11) is 0. The molecule has 0 heterocycles. The van der Waals surface area contributed by atoms with E-state index in [9.17, 15) is 8.78 Å². The van der Waals surface area contributed by atoms with Crippen molar-refractivity contribution in [3.8, 4) is 5.75 Å². The van der Waals surface area contributed by atoms with Gasteiger partial charge in [0.1, 0.15) is 12.4 Å². The van der Waals surface area contributed by atoms with Gasteiger partial charge in [-0.2, -0.15) is 0 Å². The maximum atomic E-state index is 13.9. The van der Waals surface area contributed by atoms with E-state index in [1.807, 2.05) is 0 Å². The Balaban J connectivity index is 2.15. The van der Waals surface area contributed by atoms with Crippen molar-refractivity contribution in [2.45, 2.75) is 13.5 Å². The molecule has 0 atom stereocenters. The molecule has 0 bridgehead atoms. The molecule has 0 aromatic heterocycles. The zero-order valence-electron chi connectivity index (χ0n) is 11.3. The Bertz CT molecular complexity index is 687. The average molecular weight is 292 g/mol. The molecule has 4 nitrogen and oxygen atoms in total. The van der Waals surface area contributed by atoms with Crippen LogP contribution in [0.15, 0.2) is 41.6 Å². The first-order valence-electron chi connectivity index (χ1n) is 6.16. The van der Waals surface area contributed by atoms with Crippen LogP contribution in [-0.2, 0) is 6.61 Å². The summed E-state index contributed by atoms with van der Waals surface area (Å²) in [6, 6.07) is 8.51. The van der Waals surface area contributed by atoms with Crippen molar-refractivity contribution in [3.05, 3.63) is 64.7 Å². The molecule has 0 saturated heterocycles. The Morgan fingerprint density at radius 1 is 1.19 bits per heavy atom. The van der Waals surface area contributed by atoms with Crippen LogP contribution in [0.5, 0.6) is 5.75 Å². The van der Waals surface area contributed by atoms with E-state index in [0.717, 1.165) is 11.6 Å². The van der Waals surface area contributed by atoms with E-state index < -0.39 is 11.6 Å². The highest BCUT2D eigenvalue weighted by atomic mass is 19.1. The minimum atomic E-state index is -0.577. The van der Waals surface area contributed by atoms with Gasteiger partial charge in [0, 0.05) is 11.1 Å². The molecular formula is C15H14F2N2O2. The van der Waals surface area contributed by atoms with Gasteiger partial charge < -0.3 is 15.7 Å². The summed E-state index contributed by atoms with van der Waals surface area (Å²) in [5.41, 5.74) is 6.70. The molecule has 0 aliphatic rings.